The molecule has 1 N–H and O–H groups in total. The molecule has 2 aromatic heterocycles. The van der Waals surface area contributed by atoms with Gasteiger partial charge in [0.2, 0.25) is 0 Å². The van der Waals surface area contributed by atoms with Crippen LogP contribution in [0.3, 0.4) is 0 Å². The molecule has 3 rings (SSSR count). The highest BCUT2D eigenvalue weighted by Gasteiger charge is 2.26. The summed E-state index contributed by atoms with van der Waals surface area (Å²) in [5.74, 6) is -0.224. The number of hydrogen-bond acceptors (Lipinski definition) is 4. The van der Waals surface area contributed by atoms with E-state index in [1.807, 2.05) is 6.92 Å². The minimum Gasteiger partial charge on any atom is -0.378 e. The van der Waals surface area contributed by atoms with Crippen LogP contribution in [0.25, 0.3) is 10.9 Å². The molecule has 0 bridgehead atoms. The number of ether oxygens (including phenoxy) is 1. The summed E-state index contributed by atoms with van der Waals surface area (Å²) in [4.78, 5) is 25.5. The molecule has 1 amide bonds. The molecule has 2 heterocycles. The van der Waals surface area contributed by atoms with Gasteiger partial charge < -0.3 is 14.6 Å². The van der Waals surface area contributed by atoms with Crippen LogP contribution in [0.4, 0.5) is 0 Å². The lowest BCUT2D eigenvalue weighted by Gasteiger charge is -2.29. The molecule has 0 aromatic carbocycles. The minimum absolute atomic E-state index is 0.113. The first-order valence-corrected chi connectivity index (χ1v) is 9.87. The Balaban J connectivity index is 1.71. The highest BCUT2D eigenvalue weighted by molar-refractivity contribution is 6.05. The zero-order valence-electron chi connectivity index (χ0n) is 16.7. The lowest BCUT2D eigenvalue weighted by molar-refractivity contribution is 0.0209. The zero-order chi connectivity index (χ0) is 19.6. The molecule has 0 unspecified atom stereocenters. The summed E-state index contributed by atoms with van der Waals surface area (Å²) in [5.41, 5.74) is 1.63. The van der Waals surface area contributed by atoms with Crippen LogP contribution in [0.1, 0.15) is 61.5 Å². The maximum atomic E-state index is 12.9. The first-order valence-electron chi connectivity index (χ1n) is 9.87. The van der Waals surface area contributed by atoms with Crippen molar-refractivity contribution < 1.29 is 9.53 Å². The van der Waals surface area contributed by atoms with Crippen LogP contribution in [0.15, 0.2) is 11.0 Å². The van der Waals surface area contributed by atoms with Gasteiger partial charge in [-0.2, -0.15) is 5.10 Å². The van der Waals surface area contributed by atoms with Crippen molar-refractivity contribution in [3.8, 4) is 0 Å². The van der Waals surface area contributed by atoms with Crippen LogP contribution in [0.2, 0.25) is 0 Å². The molecular weight excluding hydrogens is 344 g/mol. The van der Waals surface area contributed by atoms with Gasteiger partial charge in [0.25, 0.3) is 11.5 Å². The molecule has 0 saturated heterocycles. The van der Waals surface area contributed by atoms with Crippen molar-refractivity contribution in [1.82, 2.24) is 19.7 Å². The van der Waals surface area contributed by atoms with Gasteiger partial charge in [-0.25, -0.2) is 0 Å². The molecule has 1 aliphatic rings. The summed E-state index contributed by atoms with van der Waals surface area (Å²) in [6.07, 6.45) is 8.01. The fourth-order valence-electron chi connectivity index (χ4n) is 3.87. The topological polar surface area (TPSA) is 78.2 Å². The van der Waals surface area contributed by atoms with Gasteiger partial charge in [-0.05, 0) is 44.6 Å². The molecule has 7 heteroatoms. The highest BCUT2D eigenvalue weighted by atomic mass is 16.5. The highest BCUT2D eigenvalue weighted by Crippen LogP contribution is 2.23. The van der Waals surface area contributed by atoms with E-state index in [0.717, 1.165) is 50.7 Å². The van der Waals surface area contributed by atoms with Crippen LogP contribution in [-0.2, 0) is 18.8 Å². The summed E-state index contributed by atoms with van der Waals surface area (Å²) in [5, 5.41) is 7.91. The van der Waals surface area contributed by atoms with Crippen LogP contribution in [0, 0.1) is 6.92 Å². The summed E-state index contributed by atoms with van der Waals surface area (Å²) in [6, 6.07) is 0.113. The minimum atomic E-state index is -0.224. The monoisotopic (exact) mass is 374 g/mol. The third-order valence-corrected chi connectivity index (χ3v) is 5.42. The Kier molecular flexibility index (Phi) is 5.99. The molecule has 0 atom stereocenters. The number of carbonyl (C=O) groups excluding carboxylic acids is 1. The van der Waals surface area contributed by atoms with Crippen LogP contribution in [0.5, 0.6) is 0 Å². The average molecular weight is 374 g/mol. The predicted octanol–water partition coefficient (Wildman–Crippen LogP) is 2.44. The van der Waals surface area contributed by atoms with E-state index in [0.29, 0.717) is 22.7 Å². The van der Waals surface area contributed by atoms with E-state index < -0.39 is 0 Å². The maximum Gasteiger partial charge on any atom is 0.270 e. The van der Waals surface area contributed by atoms with E-state index >= 15 is 0 Å². The predicted molar refractivity (Wildman–Crippen MR) is 105 cm³/mol. The summed E-state index contributed by atoms with van der Waals surface area (Å²) in [6.45, 7) is 4.88. The van der Waals surface area contributed by atoms with Crippen molar-refractivity contribution in [2.45, 2.75) is 64.5 Å². The second-order valence-electron chi connectivity index (χ2n) is 7.60. The Labute approximate surface area is 159 Å². The molecule has 148 valence electrons. The number of amides is 1. The van der Waals surface area contributed by atoms with E-state index in [-0.39, 0.29) is 17.5 Å². The standard InChI is InChI=1S/C20H30N4O3/c1-5-6-11-27-15-9-7-14(8-10-15)21-19(25)18-16-17(22-24(18)4)13(2)12-23(3)20(16)26/h12,14-15H,5-11H2,1-4H3,(H,21,25)/t14-,15-. The van der Waals surface area contributed by atoms with Gasteiger partial charge >= 0.3 is 0 Å². The molecule has 1 fully saturated rings. The van der Waals surface area contributed by atoms with Gasteiger partial charge in [0, 0.05) is 32.9 Å². The fourth-order valence-corrected chi connectivity index (χ4v) is 3.87. The second kappa shape index (κ2) is 8.25. The van der Waals surface area contributed by atoms with Gasteiger partial charge in [-0.15, -0.1) is 0 Å². The van der Waals surface area contributed by atoms with E-state index in [2.05, 4.69) is 17.3 Å². The number of unbranched alkanes of at least 4 members (excludes halogenated alkanes) is 1. The summed E-state index contributed by atoms with van der Waals surface area (Å²) >= 11 is 0. The van der Waals surface area contributed by atoms with Crippen LogP contribution < -0.4 is 10.9 Å². The lowest BCUT2D eigenvalue weighted by Crippen LogP contribution is -2.40. The quantitative estimate of drug-likeness (QED) is 0.788. The lowest BCUT2D eigenvalue weighted by atomic mass is 9.92. The Morgan fingerprint density at radius 3 is 2.67 bits per heavy atom. The van der Waals surface area contributed by atoms with E-state index in [1.165, 1.54) is 9.25 Å². The van der Waals surface area contributed by atoms with Crippen LogP contribution in [-0.4, -0.2) is 39.0 Å². The third-order valence-electron chi connectivity index (χ3n) is 5.42. The molecule has 1 saturated carbocycles. The van der Waals surface area contributed by atoms with E-state index in [4.69, 9.17) is 4.74 Å². The SMILES string of the molecule is CCCCO[C@H]1CC[C@H](NC(=O)c2c3c(=O)n(C)cc(C)c3nn2C)CC1. The first kappa shape index (κ1) is 19.6. The zero-order valence-corrected chi connectivity index (χ0v) is 16.7. The van der Waals surface area contributed by atoms with Crippen molar-refractivity contribution in [2.24, 2.45) is 14.1 Å². The van der Waals surface area contributed by atoms with Crippen LogP contribution >= 0.6 is 0 Å². The van der Waals surface area contributed by atoms with Crippen molar-refractivity contribution in [2.75, 3.05) is 6.61 Å². The smallest absolute Gasteiger partial charge is 0.270 e. The number of hydrogen-bond donors (Lipinski definition) is 1. The average Bonchev–Trinajstić information content (AvgIpc) is 2.99. The van der Waals surface area contributed by atoms with Crippen molar-refractivity contribution in [1.29, 1.82) is 0 Å². The Morgan fingerprint density at radius 2 is 2.00 bits per heavy atom. The molecular formula is C20H30N4O3. The molecule has 0 aliphatic heterocycles. The first-order chi connectivity index (χ1) is 12.9. The number of aryl methyl sites for hydroxylation is 3. The van der Waals surface area contributed by atoms with Gasteiger partial charge in [0.15, 0.2) is 0 Å². The Morgan fingerprint density at radius 1 is 1.30 bits per heavy atom. The molecule has 1 aliphatic carbocycles. The Hall–Kier alpha value is -2.15. The maximum absolute atomic E-state index is 12.9. The van der Waals surface area contributed by atoms with Gasteiger partial charge in [0.05, 0.1) is 11.5 Å². The number of pyridine rings is 1. The number of rotatable bonds is 6. The van der Waals surface area contributed by atoms with Gasteiger partial charge in [-0.1, -0.05) is 13.3 Å². The van der Waals surface area contributed by atoms with Crippen molar-refractivity contribution in [3.05, 3.63) is 27.8 Å². The third kappa shape index (κ3) is 4.08. The summed E-state index contributed by atoms with van der Waals surface area (Å²) < 4.78 is 8.93. The number of fused-ring (bicyclic) bond motifs is 1. The summed E-state index contributed by atoms with van der Waals surface area (Å²) in [7, 11) is 3.41. The van der Waals surface area contributed by atoms with E-state index in [9.17, 15) is 9.59 Å². The normalized spacial score (nSPS) is 20.1. The number of nitrogens with one attached hydrogen (secondary N) is 1. The number of nitrogens with zero attached hydrogens (tertiary/aromatic N) is 3. The molecule has 2 aromatic rings. The van der Waals surface area contributed by atoms with Crippen molar-refractivity contribution >= 4 is 16.8 Å². The Bertz CT molecular complexity index is 875. The fraction of sp³-hybridized carbons (Fsp3) is 0.650. The molecule has 7 nitrogen and oxygen atoms in total. The van der Waals surface area contributed by atoms with Crippen molar-refractivity contribution in [3.63, 3.8) is 0 Å². The molecule has 27 heavy (non-hydrogen) atoms. The largest absolute Gasteiger partial charge is 0.378 e. The van der Waals surface area contributed by atoms with E-state index in [1.54, 1.807) is 20.3 Å². The number of carbonyl (C=O) groups is 1. The molecule has 0 spiro atoms. The van der Waals surface area contributed by atoms with Gasteiger partial charge in [-0.3, -0.25) is 14.3 Å². The second-order valence-corrected chi connectivity index (χ2v) is 7.60. The number of aromatic nitrogens is 3. The van der Waals surface area contributed by atoms with Gasteiger partial charge in [0.1, 0.15) is 11.2 Å². The molecule has 0 radical (unpaired) electrons.